The summed E-state index contributed by atoms with van der Waals surface area (Å²) >= 11 is 1.49. The van der Waals surface area contributed by atoms with Crippen LogP contribution in [0.25, 0.3) is 0 Å². The van der Waals surface area contributed by atoms with Crippen molar-refractivity contribution < 1.29 is 9.53 Å². The van der Waals surface area contributed by atoms with Crippen LogP contribution in [0, 0.1) is 5.41 Å². The molecule has 3 fully saturated rings. The fraction of sp³-hybridized carbons (Fsp3) is 0.750. The maximum absolute atomic E-state index is 12.3. The first-order valence-corrected chi connectivity index (χ1v) is 9.19. The molecule has 22 heavy (non-hydrogen) atoms. The van der Waals surface area contributed by atoms with Gasteiger partial charge < -0.3 is 9.64 Å². The standard InChI is InChI=1S/C16H23N3O2S/c20-15(14-11-22-12-17-14)19-3-1-16(2-4-19)9-13(10-16)18-5-7-21-8-6-18/h11-13H,1-10H2. The number of amides is 1. The van der Waals surface area contributed by atoms with Crippen LogP contribution >= 0.6 is 11.3 Å². The highest BCUT2D eigenvalue weighted by atomic mass is 32.1. The van der Waals surface area contributed by atoms with E-state index in [-0.39, 0.29) is 5.91 Å². The molecule has 0 radical (unpaired) electrons. The monoisotopic (exact) mass is 321 g/mol. The van der Waals surface area contributed by atoms with Crippen molar-refractivity contribution in [2.75, 3.05) is 39.4 Å². The molecule has 3 aliphatic rings. The zero-order valence-corrected chi connectivity index (χ0v) is 13.7. The number of ether oxygens (including phenoxy) is 1. The van der Waals surface area contributed by atoms with Gasteiger partial charge in [-0.3, -0.25) is 9.69 Å². The van der Waals surface area contributed by atoms with Gasteiger partial charge in [-0.2, -0.15) is 0 Å². The maximum atomic E-state index is 12.3. The molecule has 1 amide bonds. The molecule has 0 bridgehead atoms. The van der Waals surface area contributed by atoms with Gasteiger partial charge >= 0.3 is 0 Å². The summed E-state index contributed by atoms with van der Waals surface area (Å²) in [4.78, 5) is 21.1. The van der Waals surface area contributed by atoms with Gasteiger partial charge in [0.2, 0.25) is 0 Å². The SMILES string of the molecule is O=C(c1cscn1)N1CCC2(CC1)CC(N1CCOCC1)C2. The lowest BCUT2D eigenvalue weighted by Crippen LogP contribution is -2.57. The molecule has 2 aliphatic heterocycles. The average molecular weight is 321 g/mol. The second-order valence-electron chi connectivity index (χ2n) is 6.88. The van der Waals surface area contributed by atoms with Crippen molar-refractivity contribution in [3.05, 3.63) is 16.6 Å². The number of carbonyl (C=O) groups is 1. The smallest absolute Gasteiger partial charge is 0.273 e. The highest BCUT2D eigenvalue weighted by Gasteiger charge is 2.48. The molecule has 3 heterocycles. The van der Waals surface area contributed by atoms with Crippen LogP contribution in [0.4, 0.5) is 0 Å². The van der Waals surface area contributed by atoms with Crippen molar-refractivity contribution >= 4 is 17.2 Å². The molecule has 0 unspecified atom stereocenters. The number of thiazole rings is 1. The molecule has 6 heteroatoms. The van der Waals surface area contributed by atoms with Crippen LogP contribution < -0.4 is 0 Å². The Morgan fingerprint density at radius 1 is 1.23 bits per heavy atom. The number of hydrogen-bond acceptors (Lipinski definition) is 5. The Hall–Kier alpha value is -0.980. The lowest BCUT2D eigenvalue weighted by Gasteiger charge is -2.55. The van der Waals surface area contributed by atoms with Crippen LogP contribution in [0.2, 0.25) is 0 Å². The second-order valence-corrected chi connectivity index (χ2v) is 7.59. The minimum atomic E-state index is 0.111. The summed E-state index contributed by atoms with van der Waals surface area (Å²) in [6, 6.07) is 0.754. The average Bonchev–Trinajstić information content (AvgIpc) is 3.07. The highest BCUT2D eigenvalue weighted by molar-refractivity contribution is 7.07. The van der Waals surface area contributed by atoms with Gasteiger partial charge in [-0.05, 0) is 31.1 Å². The Labute approximate surface area is 135 Å². The van der Waals surface area contributed by atoms with Gasteiger partial charge in [-0.25, -0.2) is 4.98 Å². The molecule has 0 N–H and O–H groups in total. The molecule has 1 aromatic rings. The Morgan fingerprint density at radius 2 is 1.95 bits per heavy atom. The first-order valence-electron chi connectivity index (χ1n) is 8.25. The number of aromatic nitrogens is 1. The van der Waals surface area contributed by atoms with Gasteiger partial charge in [0, 0.05) is 37.6 Å². The lowest BCUT2D eigenvalue weighted by molar-refractivity contribution is -0.0703. The summed E-state index contributed by atoms with van der Waals surface area (Å²) in [5.74, 6) is 0.111. The number of likely N-dealkylation sites (tertiary alicyclic amines) is 1. The molecular weight excluding hydrogens is 298 g/mol. The summed E-state index contributed by atoms with van der Waals surface area (Å²) in [6.07, 6.45) is 4.94. The Morgan fingerprint density at radius 3 is 2.59 bits per heavy atom. The third kappa shape index (κ3) is 2.68. The summed E-state index contributed by atoms with van der Waals surface area (Å²) in [5, 5.41) is 1.85. The number of nitrogens with zero attached hydrogens (tertiary/aromatic N) is 3. The van der Waals surface area contributed by atoms with Gasteiger partial charge in [0.05, 0.1) is 18.7 Å². The summed E-state index contributed by atoms with van der Waals surface area (Å²) in [5.41, 5.74) is 2.85. The van der Waals surface area contributed by atoms with Crippen LogP contribution in [-0.2, 0) is 4.74 Å². The van der Waals surface area contributed by atoms with E-state index in [4.69, 9.17) is 4.74 Å². The fourth-order valence-electron chi connectivity index (χ4n) is 4.21. The van der Waals surface area contributed by atoms with Gasteiger partial charge in [0.1, 0.15) is 5.69 Å². The minimum absolute atomic E-state index is 0.111. The topological polar surface area (TPSA) is 45.7 Å². The van der Waals surface area contributed by atoms with Crippen molar-refractivity contribution in [2.45, 2.75) is 31.7 Å². The van der Waals surface area contributed by atoms with E-state index >= 15 is 0 Å². The Bertz CT molecular complexity index is 512. The zero-order chi connectivity index (χ0) is 15.0. The van der Waals surface area contributed by atoms with Gasteiger partial charge in [-0.1, -0.05) is 0 Å². The highest BCUT2D eigenvalue weighted by Crippen LogP contribution is 2.51. The van der Waals surface area contributed by atoms with Gasteiger partial charge in [0.15, 0.2) is 0 Å². The van der Waals surface area contributed by atoms with E-state index in [9.17, 15) is 4.79 Å². The Kier molecular flexibility index (Phi) is 3.92. The normalized spacial score (nSPS) is 26.1. The molecular formula is C16H23N3O2S. The second kappa shape index (κ2) is 5.91. The molecule has 120 valence electrons. The number of rotatable bonds is 2. The number of morpholine rings is 1. The largest absolute Gasteiger partial charge is 0.379 e. The first-order chi connectivity index (χ1) is 10.8. The van der Waals surface area contributed by atoms with Crippen molar-refractivity contribution in [3.8, 4) is 0 Å². The van der Waals surface area contributed by atoms with Crippen molar-refractivity contribution in [1.82, 2.24) is 14.8 Å². The van der Waals surface area contributed by atoms with E-state index in [0.717, 1.165) is 58.3 Å². The first kappa shape index (κ1) is 14.6. The molecule has 0 aromatic carbocycles. The lowest BCUT2D eigenvalue weighted by atomic mass is 9.60. The van der Waals surface area contributed by atoms with E-state index < -0.39 is 0 Å². The molecule has 2 saturated heterocycles. The molecule has 1 spiro atoms. The van der Waals surface area contributed by atoms with Gasteiger partial charge in [0.25, 0.3) is 5.91 Å². The molecule has 0 atom stereocenters. The zero-order valence-electron chi connectivity index (χ0n) is 12.9. The quantitative estimate of drug-likeness (QED) is 0.834. The van der Waals surface area contributed by atoms with E-state index in [1.807, 2.05) is 10.3 Å². The van der Waals surface area contributed by atoms with Crippen LogP contribution in [0.5, 0.6) is 0 Å². The van der Waals surface area contributed by atoms with E-state index in [1.165, 1.54) is 24.2 Å². The van der Waals surface area contributed by atoms with Crippen LogP contribution in [0.15, 0.2) is 10.9 Å². The van der Waals surface area contributed by atoms with E-state index in [2.05, 4.69) is 9.88 Å². The van der Waals surface area contributed by atoms with E-state index in [0.29, 0.717) is 11.1 Å². The number of hydrogen-bond donors (Lipinski definition) is 0. The number of piperidine rings is 1. The van der Waals surface area contributed by atoms with Crippen molar-refractivity contribution in [1.29, 1.82) is 0 Å². The third-order valence-electron chi connectivity index (χ3n) is 5.66. The minimum Gasteiger partial charge on any atom is -0.379 e. The van der Waals surface area contributed by atoms with E-state index in [1.54, 1.807) is 5.51 Å². The molecule has 5 nitrogen and oxygen atoms in total. The molecule has 1 saturated carbocycles. The molecule has 1 aromatic heterocycles. The summed E-state index contributed by atoms with van der Waals surface area (Å²) in [7, 11) is 0. The maximum Gasteiger partial charge on any atom is 0.273 e. The van der Waals surface area contributed by atoms with Crippen LogP contribution in [0.3, 0.4) is 0 Å². The van der Waals surface area contributed by atoms with Crippen LogP contribution in [0.1, 0.15) is 36.2 Å². The van der Waals surface area contributed by atoms with Gasteiger partial charge in [-0.15, -0.1) is 11.3 Å². The van der Waals surface area contributed by atoms with Crippen molar-refractivity contribution in [2.24, 2.45) is 5.41 Å². The molecule has 1 aliphatic carbocycles. The van der Waals surface area contributed by atoms with Crippen LogP contribution in [-0.4, -0.2) is 66.1 Å². The summed E-state index contributed by atoms with van der Waals surface area (Å²) in [6.45, 7) is 5.75. The summed E-state index contributed by atoms with van der Waals surface area (Å²) < 4.78 is 5.44. The molecule has 4 rings (SSSR count). The number of carbonyl (C=O) groups excluding carboxylic acids is 1. The third-order valence-corrected chi connectivity index (χ3v) is 6.25. The fourth-order valence-corrected chi connectivity index (χ4v) is 4.74. The predicted octanol–water partition coefficient (Wildman–Crippen LogP) is 1.86. The predicted molar refractivity (Wildman–Crippen MR) is 85.1 cm³/mol. The van der Waals surface area contributed by atoms with Crippen molar-refractivity contribution in [3.63, 3.8) is 0 Å². The Balaban J connectivity index is 1.29.